The lowest BCUT2D eigenvalue weighted by atomic mass is 10.1. The first kappa shape index (κ1) is 16.8. The molecule has 0 saturated carbocycles. The number of rotatable bonds is 11. The van der Waals surface area contributed by atoms with E-state index in [2.05, 4.69) is 23.9 Å². The van der Waals surface area contributed by atoms with Crippen molar-refractivity contribution in [3.63, 3.8) is 0 Å². The van der Waals surface area contributed by atoms with Crippen LogP contribution in [0.25, 0.3) is 0 Å². The second kappa shape index (κ2) is 9.82. The topological polar surface area (TPSA) is 67.4 Å². The second-order valence-corrected chi connectivity index (χ2v) is 6.40. The zero-order valence-electron chi connectivity index (χ0n) is 11.2. The molecule has 2 N–H and O–H groups in total. The molecule has 0 aliphatic carbocycles. The van der Waals surface area contributed by atoms with Gasteiger partial charge in [-0.25, -0.2) is 13.1 Å². The maximum Gasteiger partial charge on any atom is 0.208 e. The zero-order chi connectivity index (χ0) is 13.1. The predicted molar refractivity (Wildman–Crippen MR) is 70.6 cm³/mol. The molecular formula is C11H26N2O3S. The summed E-state index contributed by atoms with van der Waals surface area (Å²) in [6.45, 7) is 7.99. The highest BCUT2D eigenvalue weighted by molar-refractivity contribution is 7.88. The summed E-state index contributed by atoms with van der Waals surface area (Å²) in [5, 5.41) is 3.20. The van der Waals surface area contributed by atoms with E-state index in [1.165, 1.54) is 6.26 Å². The number of hydrogen-bond donors (Lipinski definition) is 2. The lowest BCUT2D eigenvalue weighted by Crippen LogP contribution is -2.27. The van der Waals surface area contributed by atoms with Gasteiger partial charge in [0.05, 0.1) is 12.9 Å². The molecule has 17 heavy (non-hydrogen) atoms. The van der Waals surface area contributed by atoms with E-state index in [1.54, 1.807) is 0 Å². The highest BCUT2D eigenvalue weighted by atomic mass is 32.2. The SMILES string of the molecule is CC(C)CCOCCNCCCNS(C)(=O)=O. The molecule has 0 unspecified atom stereocenters. The Labute approximate surface area is 105 Å². The summed E-state index contributed by atoms with van der Waals surface area (Å²) in [5.74, 6) is 0.685. The van der Waals surface area contributed by atoms with Crippen LogP contribution >= 0.6 is 0 Å². The summed E-state index contributed by atoms with van der Waals surface area (Å²) in [4.78, 5) is 0. The molecule has 5 nitrogen and oxygen atoms in total. The van der Waals surface area contributed by atoms with Crippen LogP contribution in [0.3, 0.4) is 0 Å². The Morgan fingerprint density at radius 3 is 2.41 bits per heavy atom. The van der Waals surface area contributed by atoms with Crippen molar-refractivity contribution in [1.82, 2.24) is 10.0 Å². The van der Waals surface area contributed by atoms with Crippen LogP contribution in [0.15, 0.2) is 0 Å². The standard InChI is InChI=1S/C11H26N2O3S/c1-11(2)5-9-16-10-8-12-6-4-7-13-17(3,14)15/h11-13H,4-10H2,1-3H3. The lowest BCUT2D eigenvalue weighted by molar-refractivity contribution is 0.125. The van der Waals surface area contributed by atoms with E-state index < -0.39 is 10.0 Å². The Morgan fingerprint density at radius 2 is 1.82 bits per heavy atom. The first-order valence-electron chi connectivity index (χ1n) is 6.15. The van der Waals surface area contributed by atoms with Gasteiger partial charge < -0.3 is 10.1 Å². The van der Waals surface area contributed by atoms with Crippen LogP contribution < -0.4 is 10.0 Å². The van der Waals surface area contributed by atoms with Crippen molar-refractivity contribution in [3.8, 4) is 0 Å². The first-order valence-corrected chi connectivity index (χ1v) is 8.04. The number of nitrogens with one attached hydrogen (secondary N) is 2. The molecule has 0 heterocycles. The van der Waals surface area contributed by atoms with Crippen molar-refractivity contribution in [2.75, 3.05) is 39.1 Å². The van der Waals surface area contributed by atoms with Gasteiger partial charge in [-0.2, -0.15) is 0 Å². The van der Waals surface area contributed by atoms with E-state index in [0.717, 1.165) is 32.5 Å². The fraction of sp³-hybridized carbons (Fsp3) is 1.00. The van der Waals surface area contributed by atoms with E-state index in [0.29, 0.717) is 19.1 Å². The van der Waals surface area contributed by atoms with Gasteiger partial charge in [-0.15, -0.1) is 0 Å². The van der Waals surface area contributed by atoms with Gasteiger partial charge in [0.25, 0.3) is 0 Å². The predicted octanol–water partition coefficient (Wildman–Crippen LogP) is 0.578. The Hall–Kier alpha value is -0.170. The number of sulfonamides is 1. The third-order valence-electron chi connectivity index (χ3n) is 2.16. The molecule has 0 atom stereocenters. The van der Waals surface area contributed by atoms with Crippen LogP contribution in [-0.4, -0.2) is 47.5 Å². The fourth-order valence-electron chi connectivity index (χ4n) is 1.16. The molecule has 0 aliphatic rings. The molecule has 0 amide bonds. The van der Waals surface area contributed by atoms with Crippen molar-refractivity contribution < 1.29 is 13.2 Å². The molecule has 0 aromatic rings. The van der Waals surface area contributed by atoms with Crippen LogP contribution in [0.1, 0.15) is 26.7 Å². The van der Waals surface area contributed by atoms with Crippen LogP contribution in [0.2, 0.25) is 0 Å². The van der Waals surface area contributed by atoms with Crippen molar-refractivity contribution in [3.05, 3.63) is 0 Å². The Bertz CT molecular complexity index is 266. The summed E-state index contributed by atoms with van der Waals surface area (Å²) >= 11 is 0. The number of ether oxygens (including phenoxy) is 1. The van der Waals surface area contributed by atoms with Crippen LogP contribution in [0.4, 0.5) is 0 Å². The molecule has 0 aromatic carbocycles. The van der Waals surface area contributed by atoms with Gasteiger partial charge >= 0.3 is 0 Å². The molecule has 0 saturated heterocycles. The largest absolute Gasteiger partial charge is 0.380 e. The second-order valence-electron chi connectivity index (χ2n) is 4.56. The van der Waals surface area contributed by atoms with Crippen LogP contribution in [0.5, 0.6) is 0 Å². The van der Waals surface area contributed by atoms with Crippen molar-refractivity contribution in [2.45, 2.75) is 26.7 Å². The minimum atomic E-state index is -3.04. The molecule has 0 fully saturated rings. The summed E-state index contributed by atoms with van der Waals surface area (Å²) < 4.78 is 29.4. The molecule has 0 rings (SSSR count). The van der Waals surface area contributed by atoms with Gasteiger partial charge in [-0.1, -0.05) is 13.8 Å². The summed E-state index contributed by atoms with van der Waals surface area (Å²) in [7, 11) is -3.04. The molecule has 0 radical (unpaired) electrons. The van der Waals surface area contributed by atoms with E-state index in [9.17, 15) is 8.42 Å². The van der Waals surface area contributed by atoms with Gasteiger partial charge in [-0.3, -0.25) is 0 Å². The molecule has 0 bridgehead atoms. The summed E-state index contributed by atoms with van der Waals surface area (Å²) in [6, 6.07) is 0. The van der Waals surface area contributed by atoms with E-state index in [-0.39, 0.29) is 0 Å². The number of hydrogen-bond acceptors (Lipinski definition) is 4. The minimum absolute atomic E-state index is 0.486. The van der Waals surface area contributed by atoms with Gasteiger partial charge in [0.15, 0.2) is 0 Å². The van der Waals surface area contributed by atoms with Crippen molar-refractivity contribution in [1.29, 1.82) is 0 Å². The maximum absolute atomic E-state index is 10.7. The highest BCUT2D eigenvalue weighted by Crippen LogP contribution is 1.98. The molecule has 0 spiro atoms. The van der Waals surface area contributed by atoms with Crippen molar-refractivity contribution >= 4 is 10.0 Å². The van der Waals surface area contributed by atoms with Crippen molar-refractivity contribution in [2.24, 2.45) is 5.92 Å². The smallest absolute Gasteiger partial charge is 0.208 e. The van der Waals surface area contributed by atoms with Gasteiger partial charge in [0.1, 0.15) is 0 Å². The summed E-state index contributed by atoms with van der Waals surface area (Å²) in [5.41, 5.74) is 0. The maximum atomic E-state index is 10.7. The Kier molecular flexibility index (Phi) is 9.72. The molecule has 104 valence electrons. The van der Waals surface area contributed by atoms with E-state index in [4.69, 9.17) is 4.74 Å². The Morgan fingerprint density at radius 1 is 1.12 bits per heavy atom. The lowest BCUT2D eigenvalue weighted by Gasteiger charge is -2.07. The quantitative estimate of drug-likeness (QED) is 0.537. The highest BCUT2D eigenvalue weighted by Gasteiger charge is 1.98. The zero-order valence-corrected chi connectivity index (χ0v) is 12.0. The molecule has 6 heteroatoms. The first-order chi connectivity index (χ1) is 7.92. The Balaban J connectivity index is 3.09. The van der Waals surface area contributed by atoms with Crippen LogP contribution in [0, 0.1) is 5.92 Å². The summed E-state index contributed by atoms with van der Waals surface area (Å²) in [6.07, 6.45) is 3.06. The van der Waals surface area contributed by atoms with Crippen LogP contribution in [-0.2, 0) is 14.8 Å². The third-order valence-corrected chi connectivity index (χ3v) is 2.89. The average Bonchev–Trinajstić information content (AvgIpc) is 2.18. The van der Waals surface area contributed by atoms with E-state index >= 15 is 0 Å². The van der Waals surface area contributed by atoms with E-state index in [1.807, 2.05) is 0 Å². The monoisotopic (exact) mass is 266 g/mol. The van der Waals surface area contributed by atoms with Gasteiger partial charge in [0.2, 0.25) is 10.0 Å². The molecule has 0 aliphatic heterocycles. The average molecular weight is 266 g/mol. The van der Waals surface area contributed by atoms with Gasteiger partial charge in [-0.05, 0) is 25.3 Å². The fourth-order valence-corrected chi connectivity index (χ4v) is 1.68. The molecular weight excluding hydrogens is 240 g/mol. The minimum Gasteiger partial charge on any atom is -0.380 e. The third kappa shape index (κ3) is 15.8. The molecule has 0 aromatic heterocycles. The normalized spacial score (nSPS) is 12.2. The van der Waals surface area contributed by atoms with Gasteiger partial charge in [0, 0.05) is 19.7 Å².